The summed E-state index contributed by atoms with van der Waals surface area (Å²) in [6, 6.07) is -0.748. The van der Waals surface area contributed by atoms with Crippen molar-refractivity contribution in [2.24, 2.45) is 0 Å². The summed E-state index contributed by atoms with van der Waals surface area (Å²) in [7, 11) is 0. The van der Waals surface area contributed by atoms with Gasteiger partial charge in [0.2, 0.25) is 5.91 Å². The van der Waals surface area contributed by atoms with E-state index in [1.807, 2.05) is 13.8 Å². The van der Waals surface area contributed by atoms with E-state index in [2.05, 4.69) is 5.32 Å². The number of amides is 1. The molecule has 2 N–H and O–H groups in total. The molecule has 0 aromatic heterocycles. The number of nitrogens with zero attached hydrogens (tertiary/aromatic N) is 1. The van der Waals surface area contributed by atoms with E-state index >= 15 is 0 Å². The Morgan fingerprint density at radius 2 is 2.13 bits per heavy atom. The first-order valence-electron chi connectivity index (χ1n) is 4.91. The molecular formula is C10H16N2O3. The quantitative estimate of drug-likeness (QED) is 0.624. The number of carbonyl (C=O) groups excluding carboxylic acids is 1. The number of rotatable bonds is 2. The van der Waals surface area contributed by atoms with E-state index < -0.39 is 12.0 Å². The smallest absolute Gasteiger partial charge is 0.327 e. The van der Waals surface area contributed by atoms with Crippen LogP contribution < -0.4 is 5.32 Å². The number of carboxylic acids is 1. The van der Waals surface area contributed by atoms with Crippen molar-refractivity contribution in [3.63, 3.8) is 0 Å². The predicted octanol–water partition coefficient (Wildman–Crippen LogP) is -0.162. The van der Waals surface area contributed by atoms with E-state index in [0.717, 1.165) is 5.57 Å². The number of hydrogen-bond acceptors (Lipinski definition) is 3. The Kier molecular flexibility index (Phi) is 3.85. The van der Waals surface area contributed by atoms with Crippen LogP contribution in [0.3, 0.4) is 0 Å². The van der Waals surface area contributed by atoms with Crippen LogP contribution in [0.25, 0.3) is 0 Å². The molecule has 0 aliphatic carbocycles. The fourth-order valence-corrected chi connectivity index (χ4v) is 1.52. The van der Waals surface area contributed by atoms with Crippen LogP contribution in [0.5, 0.6) is 0 Å². The third-order valence-corrected chi connectivity index (χ3v) is 2.22. The number of carbonyl (C=O) groups is 2. The first-order valence-corrected chi connectivity index (χ1v) is 4.91. The van der Waals surface area contributed by atoms with Crippen molar-refractivity contribution in [3.8, 4) is 0 Å². The molecule has 0 aromatic rings. The molecule has 1 unspecified atom stereocenters. The van der Waals surface area contributed by atoms with Crippen LogP contribution >= 0.6 is 0 Å². The fraction of sp³-hybridized carbons (Fsp3) is 0.600. The van der Waals surface area contributed by atoms with Crippen molar-refractivity contribution in [1.29, 1.82) is 0 Å². The van der Waals surface area contributed by atoms with Gasteiger partial charge in [0.25, 0.3) is 0 Å². The van der Waals surface area contributed by atoms with Crippen LogP contribution in [0, 0.1) is 0 Å². The number of carboxylic acid groups (broad SMARTS) is 1. The molecule has 5 nitrogen and oxygen atoms in total. The van der Waals surface area contributed by atoms with E-state index in [-0.39, 0.29) is 5.91 Å². The van der Waals surface area contributed by atoms with Crippen molar-refractivity contribution < 1.29 is 14.7 Å². The minimum absolute atomic E-state index is 0.219. The molecule has 1 aliphatic rings. The van der Waals surface area contributed by atoms with Gasteiger partial charge in [-0.2, -0.15) is 0 Å². The van der Waals surface area contributed by atoms with Crippen LogP contribution in [-0.2, 0) is 9.59 Å². The molecule has 1 rings (SSSR count). The summed E-state index contributed by atoms with van der Waals surface area (Å²) in [5.74, 6) is -1.18. The van der Waals surface area contributed by atoms with Crippen LogP contribution in [0.2, 0.25) is 0 Å². The van der Waals surface area contributed by atoms with Gasteiger partial charge < -0.3 is 15.3 Å². The fourth-order valence-electron chi connectivity index (χ4n) is 1.52. The van der Waals surface area contributed by atoms with E-state index in [1.54, 1.807) is 0 Å². The van der Waals surface area contributed by atoms with E-state index in [1.165, 1.54) is 11.0 Å². The van der Waals surface area contributed by atoms with Crippen LogP contribution in [0.1, 0.15) is 13.8 Å². The highest BCUT2D eigenvalue weighted by Crippen LogP contribution is 2.06. The number of aliphatic carboxylic acids is 1. The van der Waals surface area contributed by atoms with E-state index in [4.69, 9.17) is 5.11 Å². The molecular weight excluding hydrogens is 196 g/mol. The van der Waals surface area contributed by atoms with Crippen LogP contribution in [0.15, 0.2) is 11.6 Å². The number of nitrogens with one attached hydrogen (secondary N) is 1. The average molecular weight is 212 g/mol. The lowest BCUT2D eigenvalue weighted by atomic mass is 10.2. The average Bonchev–Trinajstić information content (AvgIpc) is 2.16. The predicted molar refractivity (Wildman–Crippen MR) is 55.4 cm³/mol. The first-order chi connectivity index (χ1) is 7.02. The SMILES string of the molecule is CC(C)=CC(=O)N1CCNCC1C(=O)O. The summed E-state index contributed by atoms with van der Waals surface area (Å²) in [5.41, 5.74) is 0.877. The Morgan fingerprint density at radius 1 is 1.47 bits per heavy atom. The molecule has 84 valence electrons. The van der Waals surface area contributed by atoms with Gasteiger partial charge in [0, 0.05) is 25.7 Å². The lowest BCUT2D eigenvalue weighted by Crippen LogP contribution is -2.56. The van der Waals surface area contributed by atoms with Gasteiger partial charge in [-0.3, -0.25) is 4.79 Å². The molecule has 5 heteroatoms. The Bertz CT molecular complexity index is 295. The molecule has 0 spiro atoms. The van der Waals surface area contributed by atoms with Crippen molar-refractivity contribution in [2.45, 2.75) is 19.9 Å². The molecule has 0 aromatic carbocycles. The van der Waals surface area contributed by atoms with Gasteiger partial charge in [0.1, 0.15) is 6.04 Å². The van der Waals surface area contributed by atoms with Gasteiger partial charge in [0.05, 0.1) is 0 Å². The normalized spacial score (nSPS) is 20.9. The highest BCUT2D eigenvalue weighted by Gasteiger charge is 2.30. The zero-order valence-electron chi connectivity index (χ0n) is 8.99. The Balaban J connectivity index is 2.76. The summed E-state index contributed by atoms with van der Waals surface area (Å²) in [6.45, 7) is 5.04. The summed E-state index contributed by atoms with van der Waals surface area (Å²) < 4.78 is 0. The molecule has 15 heavy (non-hydrogen) atoms. The highest BCUT2D eigenvalue weighted by atomic mass is 16.4. The summed E-state index contributed by atoms with van der Waals surface area (Å²) >= 11 is 0. The van der Waals surface area contributed by atoms with Gasteiger partial charge >= 0.3 is 5.97 Å². The number of piperazine rings is 1. The second-order valence-corrected chi connectivity index (χ2v) is 3.81. The third-order valence-electron chi connectivity index (χ3n) is 2.22. The van der Waals surface area contributed by atoms with Gasteiger partial charge in [-0.1, -0.05) is 5.57 Å². The highest BCUT2D eigenvalue weighted by molar-refractivity contribution is 5.91. The van der Waals surface area contributed by atoms with Gasteiger partial charge in [0.15, 0.2) is 0 Å². The van der Waals surface area contributed by atoms with Gasteiger partial charge in [-0.15, -0.1) is 0 Å². The van der Waals surface area contributed by atoms with E-state index in [0.29, 0.717) is 19.6 Å². The van der Waals surface area contributed by atoms with Crippen molar-refractivity contribution in [1.82, 2.24) is 10.2 Å². The summed E-state index contributed by atoms with van der Waals surface area (Å²) in [4.78, 5) is 24.0. The van der Waals surface area contributed by atoms with Crippen molar-refractivity contribution >= 4 is 11.9 Å². The van der Waals surface area contributed by atoms with Crippen molar-refractivity contribution in [3.05, 3.63) is 11.6 Å². The molecule has 1 aliphatic heterocycles. The molecule has 1 fully saturated rings. The minimum Gasteiger partial charge on any atom is -0.480 e. The zero-order valence-corrected chi connectivity index (χ0v) is 8.99. The Morgan fingerprint density at radius 3 is 2.67 bits per heavy atom. The number of allylic oxidation sites excluding steroid dienone is 1. The third kappa shape index (κ3) is 3.06. The Labute approximate surface area is 88.8 Å². The molecule has 1 atom stereocenters. The topological polar surface area (TPSA) is 69.6 Å². The van der Waals surface area contributed by atoms with Crippen LogP contribution in [0.4, 0.5) is 0 Å². The van der Waals surface area contributed by atoms with Gasteiger partial charge in [-0.05, 0) is 13.8 Å². The maximum absolute atomic E-state index is 11.7. The molecule has 1 saturated heterocycles. The molecule has 1 heterocycles. The maximum Gasteiger partial charge on any atom is 0.327 e. The molecule has 0 saturated carbocycles. The first kappa shape index (κ1) is 11.7. The molecule has 0 bridgehead atoms. The number of hydrogen-bond donors (Lipinski definition) is 2. The summed E-state index contributed by atoms with van der Waals surface area (Å²) in [6.07, 6.45) is 1.47. The lowest BCUT2D eigenvalue weighted by Gasteiger charge is -2.32. The zero-order chi connectivity index (χ0) is 11.4. The maximum atomic E-state index is 11.7. The summed E-state index contributed by atoms with van der Waals surface area (Å²) in [5, 5.41) is 11.9. The monoisotopic (exact) mass is 212 g/mol. The van der Waals surface area contributed by atoms with E-state index in [9.17, 15) is 9.59 Å². The standard InChI is InChI=1S/C10H16N2O3/c1-7(2)5-9(13)12-4-3-11-6-8(12)10(14)15/h5,8,11H,3-4,6H2,1-2H3,(H,14,15). The second kappa shape index (κ2) is 4.93. The second-order valence-electron chi connectivity index (χ2n) is 3.81. The lowest BCUT2D eigenvalue weighted by molar-refractivity contribution is -0.149. The molecule has 0 radical (unpaired) electrons. The van der Waals surface area contributed by atoms with Crippen LogP contribution in [-0.4, -0.2) is 47.6 Å². The van der Waals surface area contributed by atoms with Gasteiger partial charge in [-0.25, -0.2) is 4.79 Å². The molecule has 1 amide bonds. The Hall–Kier alpha value is -1.36. The largest absolute Gasteiger partial charge is 0.480 e. The van der Waals surface area contributed by atoms with Crippen molar-refractivity contribution in [2.75, 3.05) is 19.6 Å². The minimum atomic E-state index is -0.960.